The molecule has 1 saturated heterocycles. The van der Waals surface area contributed by atoms with Gasteiger partial charge in [-0.25, -0.2) is 4.79 Å². The van der Waals surface area contributed by atoms with Crippen molar-refractivity contribution >= 4 is 35.7 Å². The molecular formula is C17H25ClN4O3. The molecule has 25 heavy (non-hydrogen) atoms. The maximum atomic E-state index is 12.4. The number of halogens is 1. The van der Waals surface area contributed by atoms with Crippen molar-refractivity contribution in [3.05, 3.63) is 23.8 Å². The SMILES string of the molecule is CCNC(=O)N1CCc2ccc(NC(=O)[C@H]3NCCO[C@@H]3C)cc21.Cl. The van der Waals surface area contributed by atoms with Crippen LogP contribution >= 0.6 is 12.4 Å². The number of rotatable bonds is 3. The molecular weight excluding hydrogens is 344 g/mol. The van der Waals surface area contributed by atoms with Gasteiger partial charge in [-0.05, 0) is 38.0 Å². The van der Waals surface area contributed by atoms with E-state index in [2.05, 4.69) is 16.0 Å². The van der Waals surface area contributed by atoms with Gasteiger partial charge in [0.1, 0.15) is 6.04 Å². The average Bonchev–Trinajstić information content (AvgIpc) is 2.98. The number of carbonyl (C=O) groups excluding carboxylic acids is 2. The van der Waals surface area contributed by atoms with Crippen LogP contribution in [0.2, 0.25) is 0 Å². The minimum Gasteiger partial charge on any atom is -0.375 e. The van der Waals surface area contributed by atoms with Crippen LogP contribution in [0.1, 0.15) is 19.4 Å². The van der Waals surface area contributed by atoms with Gasteiger partial charge in [-0.1, -0.05) is 6.07 Å². The van der Waals surface area contributed by atoms with Gasteiger partial charge in [0, 0.05) is 25.3 Å². The monoisotopic (exact) mass is 368 g/mol. The number of anilines is 2. The number of morpholine rings is 1. The van der Waals surface area contributed by atoms with Gasteiger partial charge in [0.25, 0.3) is 0 Å². The quantitative estimate of drug-likeness (QED) is 0.755. The Kier molecular flexibility index (Phi) is 6.64. The van der Waals surface area contributed by atoms with E-state index >= 15 is 0 Å². The molecule has 0 unspecified atom stereocenters. The Labute approximate surface area is 153 Å². The van der Waals surface area contributed by atoms with Crippen molar-refractivity contribution in [2.75, 3.05) is 36.5 Å². The Bertz CT molecular complexity index is 640. The van der Waals surface area contributed by atoms with Crippen LogP contribution in [0.5, 0.6) is 0 Å². The summed E-state index contributed by atoms with van der Waals surface area (Å²) in [6.07, 6.45) is 0.662. The summed E-state index contributed by atoms with van der Waals surface area (Å²) in [5, 5.41) is 8.92. The van der Waals surface area contributed by atoms with E-state index < -0.39 is 0 Å². The van der Waals surface area contributed by atoms with Crippen molar-refractivity contribution < 1.29 is 14.3 Å². The van der Waals surface area contributed by atoms with Gasteiger partial charge in [-0.2, -0.15) is 0 Å². The first-order chi connectivity index (χ1) is 11.6. The molecule has 0 aromatic heterocycles. The Balaban J connectivity index is 0.00000225. The third-order valence-electron chi connectivity index (χ3n) is 4.42. The summed E-state index contributed by atoms with van der Waals surface area (Å²) in [6.45, 7) is 6.31. The minimum atomic E-state index is -0.369. The van der Waals surface area contributed by atoms with Crippen LogP contribution in [-0.4, -0.2) is 50.3 Å². The first-order valence-corrected chi connectivity index (χ1v) is 8.44. The predicted molar refractivity (Wildman–Crippen MR) is 99.6 cm³/mol. The van der Waals surface area contributed by atoms with Crippen molar-refractivity contribution in [2.45, 2.75) is 32.4 Å². The van der Waals surface area contributed by atoms with E-state index in [1.165, 1.54) is 0 Å². The predicted octanol–water partition coefficient (Wildman–Crippen LogP) is 1.52. The van der Waals surface area contributed by atoms with Crippen molar-refractivity contribution in [2.24, 2.45) is 0 Å². The highest BCUT2D eigenvalue weighted by atomic mass is 35.5. The van der Waals surface area contributed by atoms with Crippen molar-refractivity contribution in [1.82, 2.24) is 10.6 Å². The molecule has 2 aliphatic rings. The lowest BCUT2D eigenvalue weighted by molar-refractivity contribution is -0.123. The zero-order valence-electron chi connectivity index (χ0n) is 14.5. The van der Waals surface area contributed by atoms with E-state index in [4.69, 9.17) is 4.74 Å². The number of amides is 3. The Morgan fingerprint density at radius 3 is 2.92 bits per heavy atom. The molecule has 2 aliphatic heterocycles. The van der Waals surface area contributed by atoms with Crippen LogP contribution < -0.4 is 20.9 Å². The van der Waals surface area contributed by atoms with Crippen molar-refractivity contribution in [3.8, 4) is 0 Å². The standard InChI is InChI=1S/C17H24N4O3.ClH/c1-3-18-17(23)21-8-6-12-4-5-13(10-14(12)21)20-16(22)15-11(2)24-9-7-19-15;/h4-5,10-11,15,19H,3,6-9H2,1-2H3,(H,18,23)(H,20,22);1H/t11-,15+;/m1./s1. The van der Waals surface area contributed by atoms with Gasteiger partial charge in [0.2, 0.25) is 5.91 Å². The van der Waals surface area contributed by atoms with Crippen molar-refractivity contribution in [1.29, 1.82) is 0 Å². The fraction of sp³-hybridized carbons (Fsp3) is 0.529. The summed E-state index contributed by atoms with van der Waals surface area (Å²) in [5.74, 6) is -0.121. The molecule has 2 atom stereocenters. The number of ether oxygens (including phenoxy) is 1. The van der Waals surface area contributed by atoms with Gasteiger partial charge >= 0.3 is 6.03 Å². The number of hydrogen-bond acceptors (Lipinski definition) is 4. The highest BCUT2D eigenvalue weighted by Gasteiger charge is 2.29. The first-order valence-electron chi connectivity index (χ1n) is 8.44. The average molecular weight is 369 g/mol. The molecule has 3 N–H and O–H groups in total. The third-order valence-corrected chi connectivity index (χ3v) is 4.42. The van der Waals surface area contributed by atoms with E-state index in [1.54, 1.807) is 4.90 Å². The van der Waals surface area contributed by atoms with Crippen LogP contribution in [0.15, 0.2) is 18.2 Å². The Hall–Kier alpha value is -1.83. The highest BCUT2D eigenvalue weighted by Crippen LogP contribution is 2.31. The second kappa shape index (κ2) is 8.51. The number of nitrogens with zero attached hydrogens (tertiary/aromatic N) is 1. The summed E-state index contributed by atoms with van der Waals surface area (Å²) in [5.41, 5.74) is 2.67. The zero-order chi connectivity index (χ0) is 17.1. The lowest BCUT2D eigenvalue weighted by Gasteiger charge is -2.29. The van der Waals surface area contributed by atoms with Crippen LogP contribution in [0, 0.1) is 0 Å². The number of benzene rings is 1. The lowest BCUT2D eigenvalue weighted by Crippen LogP contribution is -2.53. The first kappa shape index (κ1) is 19.5. The molecule has 0 saturated carbocycles. The van der Waals surface area contributed by atoms with Gasteiger partial charge < -0.3 is 20.7 Å². The maximum Gasteiger partial charge on any atom is 0.321 e. The van der Waals surface area contributed by atoms with E-state index in [0.717, 1.165) is 17.7 Å². The summed E-state index contributed by atoms with van der Waals surface area (Å²) >= 11 is 0. The van der Waals surface area contributed by atoms with Crippen molar-refractivity contribution in [3.63, 3.8) is 0 Å². The largest absolute Gasteiger partial charge is 0.375 e. The topological polar surface area (TPSA) is 82.7 Å². The normalized spacial score (nSPS) is 21.9. The van der Waals surface area contributed by atoms with E-state index in [0.29, 0.717) is 31.9 Å². The third kappa shape index (κ3) is 4.23. The molecule has 1 aromatic carbocycles. The highest BCUT2D eigenvalue weighted by molar-refractivity contribution is 5.98. The van der Waals surface area contributed by atoms with Crippen LogP contribution in [0.3, 0.4) is 0 Å². The minimum absolute atomic E-state index is 0. The zero-order valence-corrected chi connectivity index (χ0v) is 15.3. The van der Waals surface area contributed by atoms with Crippen LogP contribution in [0.4, 0.5) is 16.2 Å². The number of carbonyl (C=O) groups is 2. The molecule has 0 bridgehead atoms. The van der Waals surface area contributed by atoms with Gasteiger partial charge in [-0.3, -0.25) is 9.69 Å². The number of nitrogens with one attached hydrogen (secondary N) is 3. The molecule has 7 nitrogen and oxygen atoms in total. The summed E-state index contributed by atoms with van der Waals surface area (Å²) < 4.78 is 5.51. The molecule has 1 fully saturated rings. The second-order valence-electron chi connectivity index (χ2n) is 6.08. The smallest absolute Gasteiger partial charge is 0.321 e. The Morgan fingerprint density at radius 1 is 1.40 bits per heavy atom. The van der Waals surface area contributed by atoms with E-state index in [-0.39, 0.29) is 36.5 Å². The van der Waals surface area contributed by atoms with Gasteiger partial charge in [0.05, 0.1) is 18.4 Å². The number of hydrogen-bond donors (Lipinski definition) is 3. The Morgan fingerprint density at radius 2 is 2.20 bits per heavy atom. The molecule has 138 valence electrons. The summed E-state index contributed by atoms with van der Waals surface area (Å²) in [7, 11) is 0. The molecule has 2 heterocycles. The number of fused-ring (bicyclic) bond motifs is 1. The second-order valence-corrected chi connectivity index (χ2v) is 6.08. The molecule has 0 aliphatic carbocycles. The van der Waals surface area contributed by atoms with Gasteiger partial charge in [-0.15, -0.1) is 12.4 Å². The summed E-state index contributed by atoms with van der Waals surface area (Å²) in [4.78, 5) is 26.3. The summed E-state index contributed by atoms with van der Waals surface area (Å²) in [6, 6.07) is 5.25. The lowest BCUT2D eigenvalue weighted by atomic mass is 10.1. The maximum absolute atomic E-state index is 12.4. The molecule has 3 amide bonds. The van der Waals surface area contributed by atoms with Crippen LogP contribution in [-0.2, 0) is 16.0 Å². The molecule has 1 aromatic rings. The molecule has 3 rings (SSSR count). The van der Waals surface area contributed by atoms with E-state index in [9.17, 15) is 9.59 Å². The van der Waals surface area contributed by atoms with Crippen LogP contribution in [0.25, 0.3) is 0 Å². The van der Waals surface area contributed by atoms with Gasteiger partial charge in [0.15, 0.2) is 0 Å². The number of urea groups is 1. The molecule has 0 spiro atoms. The molecule has 8 heteroatoms. The fourth-order valence-corrected chi connectivity index (χ4v) is 3.16. The molecule has 0 radical (unpaired) electrons. The van der Waals surface area contributed by atoms with E-state index in [1.807, 2.05) is 32.0 Å². The fourth-order valence-electron chi connectivity index (χ4n) is 3.16.